The van der Waals surface area contributed by atoms with Gasteiger partial charge in [-0.15, -0.1) is 0 Å². The summed E-state index contributed by atoms with van der Waals surface area (Å²) >= 11 is 0. The van der Waals surface area contributed by atoms with Gasteiger partial charge in [-0.05, 0) is 60.7 Å². The summed E-state index contributed by atoms with van der Waals surface area (Å²) in [5, 5.41) is 3.96. The molecule has 1 heterocycles. The lowest BCUT2D eigenvalue weighted by Crippen LogP contribution is -2.23. The van der Waals surface area contributed by atoms with E-state index >= 15 is 0 Å². The first-order valence-corrected chi connectivity index (χ1v) is 9.02. The lowest BCUT2D eigenvalue weighted by atomic mass is 9.82. The summed E-state index contributed by atoms with van der Waals surface area (Å²) in [6.45, 7) is 2.20. The van der Waals surface area contributed by atoms with Gasteiger partial charge in [-0.1, -0.05) is 19.4 Å². The molecule has 2 atom stereocenters. The monoisotopic (exact) mass is 351 g/mol. The van der Waals surface area contributed by atoms with E-state index in [0.29, 0.717) is 17.2 Å². The molecule has 1 amide bonds. The number of nitrogens with one attached hydrogen (secondary N) is 2. The summed E-state index contributed by atoms with van der Waals surface area (Å²) in [4.78, 5) is 15.8. The van der Waals surface area contributed by atoms with Crippen molar-refractivity contribution in [1.29, 1.82) is 0 Å². The number of carbonyl (C=O) groups excluding carboxylic acids is 1. The molecule has 4 nitrogen and oxygen atoms in total. The van der Waals surface area contributed by atoms with Gasteiger partial charge in [-0.2, -0.15) is 0 Å². The first kappa shape index (κ1) is 16.8. The van der Waals surface area contributed by atoms with E-state index in [1.54, 1.807) is 6.07 Å². The molecule has 3 aromatic rings. The molecule has 4 N–H and O–H groups in total. The highest BCUT2D eigenvalue weighted by Crippen LogP contribution is 2.38. The predicted molar refractivity (Wildman–Crippen MR) is 102 cm³/mol. The zero-order valence-electron chi connectivity index (χ0n) is 14.7. The van der Waals surface area contributed by atoms with Gasteiger partial charge in [0.2, 0.25) is 0 Å². The van der Waals surface area contributed by atoms with Gasteiger partial charge in [0.15, 0.2) is 0 Å². The van der Waals surface area contributed by atoms with Crippen LogP contribution in [0.5, 0.6) is 0 Å². The molecule has 5 heteroatoms. The fraction of sp³-hybridized carbons (Fsp3) is 0.286. The van der Waals surface area contributed by atoms with Crippen LogP contribution >= 0.6 is 0 Å². The predicted octanol–water partition coefficient (Wildman–Crippen LogP) is 4.53. The van der Waals surface area contributed by atoms with Gasteiger partial charge < -0.3 is 16.0 Å². The Labute approximate surface area is 151 Å². The molecule has 2 unspecified atom stereocenters. The van der Waals surface area contributed by atoms with Crippen LogP contribution in [0.2, 0.25) is 0 Å². The number of anilines is 1. The molecule has 0 spiro atoms. The Morgan fingerprint density at radius 2 is 2.15 bits per heavy atom. The smallest absolute Gasteiger partial charge is 0.255 e. The zero-order chi connectivity index (χ0) is 18.3. The van der Waals surface area contributed by atoms with Crippen molar-refractivity contribution in [2.75, 3.05) is 5.32 Å². The highest BCUT2D eigenvalue weighted by atomic mass is 19.1. The number of rotatable bonds is 3. The summed E-state index contributed by atoms with van der Waals surface area (Å²) < 4.78 is 13.3. The molecule has 0 radical (unpaired) electrons. The fourth-order valence-corrected chi connectivity index (χ4v) is 3.88. The molecule has 1 aromatic heterocycles. The Kier molecular flexibility index (Phi) is 4.24. The number of fused-ring (bicyclic) bond motifs is 3. The van der Waals surface area contributed by atoms with Crippen molar-refractivity contribution in [2.45, 2.75) is 32.2 Å². The number of H-pyrrole nitrogens is 1. The number of carbonyl (C=O) groups is 1. The number of halogens is 1. The highest BCUT2D eigenvalue weighted by Gasteiger charge is 2.27. The Morgan fingerprint density at radius 1 is 1.31 bits per heavy atom. The van der Waals surface area contributed by atoms with Crippen molar-refractivity contribution < 1.29 is 9.18 Å². The summed E-state index contributed by atoms with van der Waals surface area (Å²) in [7, 11) is 0. The van der Waals surface area contributed by atoms with E-state index in [1.807, 2.05) is 18.2 Å². The number of nitrogens with two attached hydrogens (primary N) is 1. The average molecular weight is 351 g/mol. The van der Waals surface area contributed by atoms with Crippen molar-refractivity contribution in [1.82, 2.24) is 4.98 Å². The largest absolute Gasteiger partial charge is 0.357 e. The summed E-state index contributed by atoms with van der Waals surface area (Å²) in [6.07, 6.45) is 3.11. The number of aromatic amines is 1. The molecule has 0 saturated heterocycles. The van der Waals surface area contributed by atoms with Gasteiger partial charge >= 0.3 is 0 Å². The SMILES string of the molecule is CCC1Cc2c([nH]c3ccc(NC(=O)c4cccc(F)c4)cc23)C(N)C1. The van der Waals surface area contributed by atoms with Crippen molar-refractivity contribution >= 4 is 22.5 Å². The van der Waals surface area contributed by atoms with E-state index in [2.05, 4.69) is 17.2 Å². The quantitative estimate of drug-likeness (QED) is 0.649. The average Bonchev–Trinajstić information content (AvgIpc) is 3.00. The third kappa shape index (κ3) is 2.99. The second kappa shape index (κ2) is 6.57. The van der Waals surface area contributed by atoms with Crippen molar-refractivity contribution in [3.63, 3.8) is 0 Å². The molecule has 0 saturated carbocycles. The zero-order valence-corrected chi connectivity index (χ0v) is 14.7. The van der Waals surface area contributed by atoms with E-state index in [-0.39, 0.29) is 11.9 Å². The highest BCUT2D eigenvalue weighted by molar-refractivity contribution is 6.05. The van der Waals surface area contributed by atoms with Crippen LogP contribution in [0.4, 0.5) is 10.1 Å². The van der Waals surface area contributed by atoms with Gasteiger partial charge in [0.05, 0.1) is 0 Å². The fourth-order valence-electron chi connectivity index (χ4n) is 3.88. The maximum atomic E-state index is 13.3. The van der Waals surface area contributed by atoms with Gasteiger partial charge in [-0.25, -0.2) is 4.39 Å². The van der Waals surface area contributed by atoms with Crippen LogP contribution in [0.25, 0.3) is 10.9 Å². The minimum atomic E-state index is -0.424. The van der Waals surface area contributed by atoms with Crippen molar-refractivity contribution in [3.8, 4) is 0 Å². The lowest BCUT2D eigenvalue weighted by Gasteiger charge is -2.26. The van der Waals surface area contributed by atoms with Gasteiger partial charge in [0.1, 0.15) is 5.82 Å². The molecule has 1 aliphatic rings. The first-order chi connectivity index (χ1) is 12.5. The second-order valence-electron chi connectivity index (χ2n) is 7.06. The van der Waals surface area contributed by atoms with Crippen molar-refractivity contribution in [3.05, 3.63) is 65.1 Å². The van der Waals surface area contributed by atoms with E-state index in [9.17, 15) is 9.18 Å². The Bertz CT molecular complexity index is 979. The summed E-state index contributed by atoms with van der Waals surface area (Å²) in [5.74, 6) is -0.161. The minimum absolute atomic E-state index is 0.0291. The lowest BCUT2D eigenvalue weighted by molar-refractivity contribution is 0.102. The van der Waals surface area contributed by atoms with E-state index < -0.39 is 5.82 Å². The molecular formula is C21H22FN3O. The van der Waals surface area contributed by atoms with Crippen LogP contribution in [0.3, 0.4) is 0 Å². The first-order valence-electron chi connectivity index (χ1n) is 9.02. The molecule has 2 aromatic carbocycles. The minimum Gasteiger partial charge on any atom is -0.357 e. The summed E-state index contributed by atoms with van der Waals surface area (Å²) in [6, 6.07) is 11.5. The molecular weight excluding hydrogens is 329 g/mol. The Hall–Kier alpha value is -2.66. The van der Waals surface area contributed by atoms with E-state index in [1.165, 1.54) is 23.8 Å². The van der Waals surface area contributed by atoms with Gasteiger partial charge in [0.25, 0.3) is 5.91 Å². The summed E-state index contributed by atoms with van der Waals surface area (Å²) in [5.41, 5.74) is 10.7. The number of benzene rings is 2. The third-order valence-corrected chi connectivity index (χ3v) is 5.31. The van der Waals surface area contributed by atoms with Crippen molar-refractivity contribution in [2.24, 2.45) is 11.7 Å². The van der Waals surface area contributed by atoms with Crippen LogP contribution in [0.1, 0.15) is 47.4 Å². The van der Waals surface area contributed by atoms with Gasteiger partial charge in [0, 0.05) is 33.9 Å². The number of amides is 1. The van der Waals surface area contributed by atoms with Crippen LogP contribution < -0.4 is 11.1 Å². The van der Waals surface area contributed by atoms with E-state index in [4.69, 9.17) is 5.73 Å². The number of aromatic nitrogens is 1. The third-order valence-electron chi connectivity index (χ3n) is 5.31. The topological polar surface area (TPSA) is 70.9 Å². The molecule has 0 fully saturated rings. The van der Waals surface area contributed by atoms with Crippen LogP contribution in [-0.2, 0) is 6.42 Å². The Balaban J connectivity index is 1.66. The number of hydrogen-bond donors (Lipinski definition) is 3. The molecule has 134 valence electrons. The van der Waals surface area contributed by atoms with Gasteiger partial charge in [-0.3, -0.25) is 4.79 Å². The molecule has 0 bridgehead atoms. The normalized spacial score (nSPS) is 19.3. The maximum absolute atomic E-state index is 13.3. The van der Waals surface area contributed by atoms with Crippen LogP contribution in [-0.4, -0.2) is 10.9 Å². The van der Waals surface area contributed by atoms with Crippen LogP contribution in [0, 0.1) is 11.7 Å². The molecule has 4 rings (SSSR count). The Morgan fingerprint density at radius 3 is 2.92 bits per heavy atom. The molecule has 0 aliphatic heterocycles. The van der Waals surface area contributed by atoms with Crippen LogP contribution in [0.15, 0.2) is 42.5 Å². The molecule has 26 heavy (non-hydrogen) atoms. The second-order valence-corrected chi connectivity index (χ2v) is 7.06. The molecule has 1 aliphatic carbocycles. The number of hydrogen-bond acceptors (Lipinski definition) is 2. The standard InChI is InChI=1S/C21H22FN3O/c1-2-12-8-17-16-11-15(6-7-19(16)25-20(17)18(23)9-12)24-21(26)13-4-3-5-14(22)10-13/h3-7,10-12,18,25H,2,8-9,23H2,1H3,(H,24,26). The van der Waals surface area contributed by atoms with E-state index in [0.717, 1.165) is 35.9 Å². The maximum Gasteiger partial charge on any atom is 0.255 e.